The summed E-state index contributed by atoms with van der Waals surface area (Å²) in [6.45, 7) is 2.42. The van der Waals surface area contributed by atoms with E-state index in [9.17, 15) is 0 Å². The van der Waals surface area contributed by atoms with E-state index in [2.05, 4.69) is 11.4 Å². The Labute approximate surface area is 83.5 Å². The van der Waals surface area contributed by atoms with Gasteiger partial charge in [-0.05, 0) is 24.3 Å². The average molecular weight is 200 g/mol. The second kappa shape index (κ2) is 7.06. The molecule has 1 heterocycles. The number of hydrogen-bond donors (Lipinski definition) is 0. The highest BCUT2D eigenvalue weighted by molar-refractivity contribution is 7.09. The summed E-state index contributed by atoms with van der Waals surface area (Å²) in [5.74, 6) is 0. The van der Waals surface area contributed by atoms with Gasteiger partial charge in [0.2, 0.25) is 0 Å². The molecule has 1 rings (SSSR count). The molecular formula is C10H16O2S. The van der Waals surface area contributed by atoms with Gasteiger partial charge < -0.3 is 9.47 Å². The van der Waals surface area contributed by atoms with Gasteiger partial charge in [-0.1, -0.05) is 6.07 Å². The molecule has 1 aromatic heterocycles. The first-order chi connectivity index (χ1) is 6.43. The summed E-state index contributed by atoms with van der Waals surface area (Å²) in [7, 11) is 1.73. The lowest BCUT2D eigenvalue weighted by Gasteiger charge is -2.01. The first-order valence-corrected chi connectivity index (χ1v) is 5.40. The van der Waals surface area contributed by atoms with Gasteiger partial charge in [0.25, 0.3) is 0 Å². The van der Waals surface area contributed by atoms with Gasteiger partial charge in [-0.3, -0.25) is 0 Å². The number of methoxy groups -OCH3 is 1. The van der Waals surface area contributed by atoms with Crippen LogP contribution in [0.5, 0.6) is 0 Å². The smallest absolute Gasteiger partial charge is 0.0809 e. The number of rotatable bonds is 7. The Balaban J connectivity index is 1.90. The Kier molecular flexibility index (Phi) is 5.81. The topological polar surface area (TPSA) is 18.5 Å². The van der Waals surface area contributed by atoms with Crippen molar-refractivity contribution >= 4 is 11.3 Å². The van der Waals surface area contributed by atoms with E-state index in [0.717, 1.165) is 32.7 Å². The maximum Gasteiger partial charge on any atom is 0.0809 e. The summed E-state index contributed by atoms with van der Waals surface area (Å²) in [5.41, 5.74) is 0. The molecule has 1 aromatic rings. The van der Waals surface area contributed by atoms with Crippen molar-refractivity contribution in [3.05, 3.63) is 22.4 Å². The third kappa shape index (κ3) is 5.03. The Morgan fingerprint density at radius 3 is 2.85 bits per heavy atom. The summed E-state index contributed by atoms with van der Waals surface area (Å²) in [6, 6.07) is 4.15. The van der Waals surface area contributed by atoms with Crippen molar-refractivity contribution in [2.45, 2.75) is 19.4 Å². The van der Waals surface area contributed by atoms with E-state index in [4.69, 9.17) is 9.47 Å². The van der Waals surface area contributed by atoms with Gasteiger partial charge in [-0.2, -0.15) is 0 Å². The van der Waals surface area contributed by atoms with Crippen LogP contribution in [-0.2, 0) is 16.1 Å². The van der Waals surface area contributed by atoms with E-state index < -0.39 is 0 Å². The molecule has 0 aliphatic rings. The molecule has 13 heavy (non-hydrogen) atoms. The van der Waals surface area contributed by atoms with Crippen molar-refractivity contribution in [3.63, 3.8) is 0 Å². The monoisotopic (exact) mass is 200 g/mol. The molecule has 2 nitrogen and oxygen atoms in total. The van der Waals surface area contributed by atoms with Gasteiger partial charge in [0, 0.05) is 25.2 Å². The van der Waals surface area contributed by atoms with Gasteiger partial charge in [0.05, 0.1) is 6.61 Å². The van der Waals surface area contributed by atoms with Crippen molar-refractivity contribution < 1.29 is 9.47 Å². The van der Waals surface area contributed by atoms with Gasteiger partial charge in [0.15, 0.2) is 0 Å². The van der Waals surface area contributed by atoms with Crippen LogP contribution in [0.15, 0.2) is 17.5 Å². The van der Waals surface area contributed by atoms with E-state index in [-0.39, 0.29) is 0 Å². The largest absolute Gasteiger partial charge is 0.385 e. The highest BCUT2D eigenvalue weighted by Gasteiger charge is 1.93. The predicted molar refractivity (Wildman–Crippen MR) is 55.1 cm³/mol. The molecule has 0 aliphatic carbocycles. The fraction of sp³-hybridized carbons (Fsp3) is 0.600. The molecule has 0 saturated heterocycles. The molecule has 0 atom stereocenters. The van der Waals surface area contributed by atoms with Crippen molar-refractivity contribution in [1.82, 2.24) is 0 Å². The molecule has 0 amide bonds. The summed E-state index contributed by atoms with van der Waals surface area (Å²) in [6.07, 6.45) is 2.17. The first-order valence-electron chi connectivity index (χ1n) is 4.52. The van der Waals surface area contributed by atoms with Crippen LogP contribution in [-0.4, -0.2) is 20.3 Å². The van der Waals surface area contributed by atoms with E-state index in [1.165, 1.54) is 4.88 Å². The van der Waals surface area contributed by atoms with E-state index in [1.807, 2.05) is 6.07 Å². The molecule has 0 fully saturated rings. The van der Waals surface area contributed by atoms with Crippen LogP contribution in [0.4, 0.5) is 0 Å². The van der Waals surface area contributed by atoms with Crippen LogP contribution < -0.4 is 0 Å². The lowest BCUT2D eigenvalue weighted by atomic mass is 10.3. The van der Waals surface area contributed by atoms with E-state index in [0.29, 0.717) is 0 Å². The lowest BCUT2D eigenvalue weighted by molar-refractivity contribution is 0.109. The fourth-order valence-corrected chi connectivity index (χ4v) is 1.66. The van der Waals surface area contributed by atoms with Crippen LogP contribution in [0.3, 0.4) is 0 Å². The number of unbranched alkanes of at least 4 members (excludes halogenated alkanes) is 1. The highest BCUT2D eigenvalue weighted by Crippen LogP contribution is 2.09. The van der Waals surface area contributed by atoms with Gasteiger partial charge in [-0.25, -0.2) is 0 Å². The molecule has 0 radical (unpaired) electrons. The van der Waals surface area contributed by atoms with Crippen LogP contribution in [0.25, 0.3) is 0 Å². The third-order valence-electron chi connectivity index (χ3n) is 1.71. The molecule has 0 aromatic carbocycles. The molecule has 0 bridgehead atoms. The SMILES string of the molecule is COCCCCOCc1cccs1. The van der Waals surface area contributed by atoms with Crippen LogP contribution in [0.2, 0.25) is 0 Å². The second-order valence-electron chi connectivity index (χ2n) is 2.83. The molecular weight excluding hydrogens is 184 g/mol. The maximum atomic E-state index is 5.48. The summed E-state index contributed by atoms with van der Waals surface area (Å²) in [4.78, 5) is 1.30. The number of hydrogen-bond acceptors (Lipinski definition) is 3. The minimum absolute atomic E-state index is 0.755. The molecule has 0 saturated carbocycles. The highest BCUT2D eigenvalue weighted by atomic mass is 32.1. The van der Waals surface area contributed by atoms with E-state index >= 15 is 0 Å². The minimum atomic E-state index is 0.755. The number of ether oxygens (including phenoxy) is 2. The molecule has 74 valence electrons. The van der Waals surface area contributed by atoms with Crippen molar-refractivity contribution in [2.75, 3.05) is 20.3 Å². The second-order valence-corrected chi connectivity index (χ2v) is 3.86. The zero-order valence-electron chi connectivity index (χ0n) is 7.99. The van der Waals surface area contributed by atoms with Gasteiger partial charge in [-0.15, -0.1) is 11.3 Å². The van der Waals surface area contributed by atoms with Crippen molar-refractivity contribution in [3.8, 4) is 0 Å². The van der Waals surface area contributed by atoms with Crippen LogP contribution >= 0.6 is 11.3 Å². The standard InChI is InChI=1S/C10H16O2S/c1-11-6-2-3-7-12-9-10-5-4-8-13-10/h4-5,8H,2-3,6-7,9H2,1H3. The molecule has 0 N–H and O–H groups in total. The van der Waals surface area contributed by atoms with Gasteiger partial charge >= 0.3 is 0 Å². The quantitative estimate of drug-likeness (QED) is 0.630. The molecule has 0 unspecified atom stereocenters. The fourth-order valence-electron chi connectivity index (χ4n) is 1.02. The Morgan fingerprint density at radius 1 is 1.31 bits per heavy atom. The molecule has 0 spiro atoms. The van der Waals surface area contributed by atoms with Crippen molar-refractivity contribution in [1.29, 1.82) is 0 Å². The first kappa shape index (κ1) is 10.7. The third-order valence-corrected chi connectivity index (χ3v) is 2.56. The Bertz CT molecular complexity index is 197. The van der Waals surface area contributed by atoms with Gasteiger partial charge in [0.1, 0.15) is 0 Å². The average Bonchev–Trinajstić information content (AvgIpc) is 2.63. The van der Waals surface area contributed by atoms with Crippen LogP contribution in [0.1, 0.15) is 17.7 Å². The lowest BCUT2D eigenvalue weighted by Crippen LogP contribution is -1.96. The zero-order valence-corrected chi connectivity index (χ0v) is 8.81. The van der Waals surface area contributed by atoms with Crippen LogP contribution in [0, 0.1) is 0 Å². The van der Waals surface area contributed by atoms with E-state index in [1.54, 1.807) is 18.4 Å². The molecule has 0 aliphatic heterocycles. The maximum absolute atomic E-state index is 5.48. The summed E-state index contributed by atoms with van der Waals surface area (Å²) >= 11 is 1.74. The number of thiophene rings is 1. The Morgan fingerprint density at radius 2 is 2.15 bits per heavy atom. The normalized spacial score (nSPS) is 10.5. The predicted octanol–water partition coefficient (Wildman–Crippen LogP) is 2.69. The summed E-state index contributed by atoms with van der Waals surface area (Å²) < 4.78 is 10.4. The zero-order chi connectivity index (χ0) is 9.36. The minimum Gasteiger partial charge on any atom is -0.385 e. The summed E-state index contributed by atoms with van der Waals surface area (Å²) in [5, 5.41) is 2.07. The molecule has 3 heteroatoms. The van der Waals surface area contributed by atoms with Crippen molar-refractivity contribution in [2.24, 2.45) is 0 Å². The Hall–Kier alpha value is -0.380.